The van der Waals surface area contributed by atoms with Crippen molar-refractivity contribution in [2.45, 2.75) is 58.5 Å². The SMILES string of the molecule is CCCC(=O)N(Cc1nc2sc3c(c2c(=O)[nH]1)CCCC3)Cc1cccs1. The molecule has 27 heavy (non-hydrogen) atoms. The first-order chi connectivity index (χ1) is 13.2. The topological polar surface area (TPSA) is 66.1 Å². The van der Waals surface area contributed by atoms with Crippen LogP contribution in [0.4, 0.5) is 0 Å². The van der Waals surface area contributed by atoms with Crippen LogP contribution in [-0.2, 0) is 30.7 Å². The Bertz CT molecular complexity index is 1000. The lowest BCUT2D eigenvalue weighted by atomic mass is 9.97. The molecule has 3 aromatic heterocycles. The molecule has 0 aliphatic heterocycles. The Morgan fingerprint density at radius 1 is 1.30 bits per heavy atom. The molecule has 0 saturated carbocycles. The van der Waals surface area contributed by atoms with E-state index in [1.54, 1.807) is 27.6 Å². The predicted molar refractivity (Wildman–Crippen MR) is 110 cm³/mol. The number of hydrogen-bond acceptors (Lipinski definition) is 5. The molecule has 0 unspecified atom stereocenters. The number of aryl methyl sites for hydroxylation is 2. The zero-order chi connectivity index (χ0) is 18.8. The molecule has 7 heteroatoms. The fourth-order valence-electron chi connectivity index (χ4n) is 3.66. The van der Waals surface area contributed by atoms with Gasteiger partial charge in [-0.05, 0) is 49.1 Å². The molecule has 5 nitrogen and oxygen atoms in total. The number of rotatable bonds is 6. The number of hydrogen-bond donors (Lipinski definition) is 1. The van der Waals surface area contributed by atoms with E-state index in [0.717, 1.165) is 40.8 Å². The molecule has 3 heterocycles. The molecule has 0 aromatic carbocycles. The van der Waals surface area contributed by atoms with Crippen LogP contribution in [0.1, 0.15) is 53.7 Å². The molecular weight excluding hydrogens is 378 g/mol. The van der Waals surface area contributed by atoms with Gasteiger partial charge in [0.05, 0.1) is 18.5 Å². The van der Waals surface area contributed by atoms with Gasteiger partial charge in [-0.25, -0.2) is 4.98 Å². The highest BCUT2D eigenvalue weighted by atomic mass is 32.1. The van der Waals surface area contributed by atoms with Gasteiger partial charge in [-0.15, -0.1) is 22.7 Å². The van der Waals surface area contributed by atoms with Crippen LogP contribution in [0.5, 0.6) is 0 Å². The van der Waals surface area contributed by atoms with E-state index in [1.807, 2.05) is 24.4 Å². The fraction of sp³-hybridized carbons (Fsp3) is 0.450. The normalized spacial score (nSPS) is 13.7. The molecular formula is C20H23N3O2S2. The number of aromatic amines is 1. The lowest BCUT2D eigenvalue weighted by molar-refractivity contribution is -0.132. The van der Waals surface area contributed by atoms with Crippen molar-refractivity contribution in [3.05, 3.63) is 49.0 Å². The summed E-state index contributed by atoms with van der Waals surface area (Å²) in [7, 11) is 0. The standard InChI is InChI=1S/C20H23N3O2S2/c1-2-6-17(24)23(11-13-7-5-10-26-13)12-16-21-19(25)18-14-8-3-4-9-15(14)27-20(18)22-16/h5,7,10H,2-4,6,8-9,11-12H2,1H3,(H,21,22,25). The Hall–Kier alpha value is -1.99. The lowest BCUT2D eigenvalue weighted by Gasteiger charge is -2.21. The number of amides is 1. The minimum Gasteiger partial charge on any atom is -0.330 e. The monoisotopic (exact) mass is 401 g/mol. The summed E-state index contributed by atoms with van der Waals surface area (Å²) in [5.74, 6) is 0.672. The molecule has 1 aliphatic rings. The van der Waals surface area contributed by atoms with Crippen LogP contribution in [-0.4, -0.2) is 20.8 Å². The molecule has 4 rings (SSSR count). The van der Waals surface area contributed by atoms with Crippen molar-refractivity contribution in [2.24, 2.45) is 0 Å². The second-order valence-electron chi connectivity index (χ2n) is 6.98. The second-order valence-corrected chi connectivity index (χ2v) is 9.10. The van der Waals surface area contributed by atoms with Gasteiger partial charge in [0.2, 0.25) is 5.91 Å². The average Bonchev–Trinajstić information content (AvgIpc) is 3.28. The van der Waals surface area contributed by atoms with Crippen molar-refractivity contribution in [2.75, 3.05) is 0 Å². The minimum absolute atomic E-state index is 0.0617. The third-order valence-corrected chi connectivity index (χ3v) is 7.00. The Morgan fingerprint density at radius 2 is 2.15 bits per heavy atom. The molecule has 1 N–H and O–H groups in total. The predicted octanol–water partition coefficient (Wildman–Crippen LogP) is 4.25. The maximum atomic E-state index is 12.7. The van der Waals surface area contributed by atoms with Crippen LogP contribution in [0, 0.1) is 0 Å². The average molecular weight is 402 g/mol. The van der Waals surface area contributed by atoms with E-state index in [0.29, 0.717) is 25.3 Å². The van der Waals surface area contributed by atoms with Crippen LogP contribution in [0.3, 0.4) is 0 Å². The molecule has 0 saturated heterocycles. The number of thiophene rings is 2. The summed E-state index contributed by atoms with van der Waals surface area (Å²) in [4.78, 5) is 38.1. The van der Waals surface area contributed by atoms with Gasteiger partial charge in [0.1, 0.15) is 10.7 Å². The number of nitrogens with one attached hydrogen (secondary N) is 1. The van der Waals surface area contributed by atoms with Crippen molar-refractivity contribution >= 4 is 38.8 Å². The Labute approximate surface area is 166 Å². The number of aromatic nitrogens is 2. The largest absolute Gasteiger partial charge is 0.330 e. The van der Waals surface area contributed by atoms with Gasteiger partial charge in [-0.1, -0.05) is 13.0 Å². The van der Waals surface area contributed by atoms with Gasteiger partial charge in [0, 0.05) is 16.2 Å². The number of fused-ring (bicyclic) bond motifs is 3. The van der Waals surface area contributed by atoms with E-state index < -0.39 is 0 Å². The van der Waals surface area contributed by atoms with E-state index in [-0.39, 0.29) is 11.5 Å². The Morgan fingerprint density at radius 3 is 2.93 bits per heavy atom. The lowest BCUT2D eigenvalue weighted by Crippen LogP contribution is -2.31. The van der Waals surface area contributed by atoms with Crippen molar-refractivity contribution in [1.29, 1.82) is 0 Å². The molecule has 1 aliphatic carbocycles. The van der Waals surface area contributed by atoms with E-state index in [2.05, 4.69) is 4.98 Å². The van der Waals surface area contributed by atoms with E-state index in [1.165, 1.54) is 16.9 Å². The Balaban J connectivity index is 1.65. The summed E-state index contributed by atoms with van der Waals surface area (Å²) in [6.07, 6.45) is 5.65. The molecule has 0 bridgehead atoms. The van der Waals surface area contributed by atoms with Crippen LogP contribution in [0.15, 0.2) is 22.3 Å². The third kappa shape index (κ3) is 3.84. The highest BCUT2D eigenvalue weighted by Crippen LogP contribution is 2.33. The van der Waals surface area contributed by atoms with Crippen molar-refractivity contribution < 1.29 is 4.79 Å². The summed E-state index contributed by atoms with van der Waals surface area (Å²) in [5.41, 5.74) is 1.13. The first-order valence-electron chi connectivity index (χ1n) is 9.49. The summed E-state index contributed by atoms with van der Waals surface area (Å²) in [6.45, 7) is 2.90. The van der Waals surface area contributed by atoms with Crippen molar-refractivity contribution in [3.63, 3.8) is 0 Å². The number of carbonyl (C=O) groups is 1. The summed E-state index contributed by atoms with van der Waals surface area (Å²) < 4.78 is 0. The smallest absolute Gasteiger partial charge is 0.259 e. The molecule has 0 atom stereocenters. The molecule has 142 valence electrons. The molecule has 1 amide bonds. The van der Waals surface area contributed by atoms with E-state index in [9.17, 15) is 9.59 Å². The highest BCUT2D eigenvalue weighted by molar-refractivity contribution is 7.18. The summed E-state index contributed by atoms with van der Waals surface area (Å²) in [6, 6.07) is 4.02. The Kier molecular flexibility index (Phi) is 5.41. The number of nitrogens with zero attached hydrogens (tertiary/aromatic N) is 2. The van der Waals surface area contributed by atoms with Crippen molar-refractivity contribution in [1.82, 2.24) is 14.9 Å². The molecule has 0 spiro atoms. The van der Waals surface area contributed by atoms with E-state index in [4.69, 9.17) is 4.98 Å². The maximum absolute atomic E-state index is 12.7. The van der Waals surface area contributed by atoms with Gasteiger partial charge in [0.25, 0.3) is 5.56 Å². The molecule has 3 aromatic rings. The van der Waals surface area contributed by atoms with Gasteiger partial charge in [-0.2, -0.15) is 0 Å². The first kappa shape index (κ1) is 18.4. The quantitative estimate of drug-likeness (QED) is 0.671. The zero-order valence-electron chi connectivity index (χ0n) is 15.4. The van der Waals surface area contributed by atoms with Crippen LogP contribution in [0.25, 0.3) is 10.2 Å². The van der Waals surface area contributed by atoms with Crippen LogP contribution < -0.4 is 5.56 Å². The van der Waals surface area contributed by atoms with Gasteiger partial charge in [-0.3, -0.25) is 9.59 Å². The third-order valence-electron chi connectivity index (χ3n) is 4.96. The number of carbonyl (C=O) groups excluding carboxylic acids is 1. The van der Waals surface area contributed by atoms with Crippen LogP contribution >= 0.6 is 22.7 Å². The number of H-pyrrole nitrogens is 1. The molecule has 0 fully saturated rings. The maximum Gasteiger partial charge on any atom is 0.259 e. The summed E-state index contributed by atoms with van der Waals surface area (Å²) in [5, 5.41) is 2.78. The minimum atomic E-state index is -0.0617. The summed E-state index contributed by atoms with van der Waals surface area (Å²) >= 11 is 3.28. The van der Waals surface area contributed by atoms with E-state index >= 15 is 0 Å². The van der Waals surface area contributed by atoms with Crippen molar-refractivity contribution in [3.8, 4) is 0 Å². The van der Waals surface area contributed by atoms with Crippen LogP contribution in [0.2, 0.25) is 0 Å². The van der Waals surface area contributed by atoms with Gasteiger partial charge < -0.3 is 9.88 Å². The highest BCUT2D eigenvalue weighted by Gasteiger charge is 2.21. The first-order valence-corrected chi connectivity index (χ1v) is 11.2. The zero-order valence-corrected chi connectivity index (χ0v) is 17.0. The van der Waals surface area contributed by atoms with Gasteiger partial charge in [0.15, 0.2) is 0 Å². The van der Waals surface area contributed by atoms with Gasteiger partial charge >= 0.3 is 0 Å². The second kappa shape index (κ2) is 7.94. The fourth-order valence-corrected chi connectivity index (χ4v) is 5.66. The molecule has 0 radical (unpaired) electrons.